The van der Waals surface area contributed by atoms with E-state index in [2.05, 4.69) is 16.3 Å². The lowest BCUT2D eigenvalue weighted by atomic mass is 9.99. The largest absolute Gasteiger partial charge is 0.462 e. The Labute approximate surface area is 214 Å². The molecule has 3 aromatic rings. The standard InChI is InChI=1S/C28H26ClN3O4/c1-2-36-28(35)21-14-19(18-3-5-23(29)6-4-18)13-20(15-21)27(34)31-24-7-8-26(22(16-24)17-30)32-11-9-25(33)10-12-32/h3-8,13-16,25,33H,2,9-12H2,1H3,(H,31,34). The summed E-state index contributed by atoms with van der Waals surface area (Å²) in [6, 6.07) is 19.3. The van der Waals surface area contributed by atoms with Crippen LogP contribution in [0.15, 0.2) is 60.7 Å². The van der Waals surface area contributed by atoms with Crippen molar-refractivity contribution in [2.75, 3.05) is 29.9 Å². The Morgan fingerprint density at radius 2 is 1.75 bits per heavy atom. The van der Waals surface area contributed by atoms with Crippen molar-refractivity contribution in [2.45, 2.75) is 25.9 Å². The summed E-state index contributed by atoms with van der Waals surface area (Å²) in [5.74, 6) is -0.945. The molecule has 0 saturated carbocycles. The zero-order valence-corrected chi connectivity index (χ0v) is 20.6. The SMILES string of the molecule is CCOC(=O)c1cc(C(=O)Nc2ccc(N3CCC(O)CC3)c(C#N)c2)cc(-c2ccc(Cl)cc2)c1. The third-order valence-electron chi connectivity index (χ3n) is 6.06. The maximum Gasteiger partial charge on any atom is 0.338 e. The number of nitriles is 1. The van der Waals surface area contributed by atoms with E-state index in [9.17, 15) is 20.0 Å². The van der Waals surface area contributed by atoms with E-state index < -0.39 is 11.9 Å². The van der Waals surface area contributed by atoms with Gasteiger partial charge < -0.3 is 20.1 Å². The molecule has 4 rings (SSSR count). The Morgan fingerprint density at radius 3 is 2.42 bits per heavy atom. The first-order valence-electron chi connectivity index (χ1n) is 11.7. The molecule has 0 atom stereocenters. The van der Waals surface area contributed by atoms with E-state index in [1.165, 1.54) is 6.07 Å². The van der Waals surface area contributed by atoms with Crippen LogP contribution in [-0.4, -0.2) is 42.8 Å². The second-order valence-electron chi connectivity index (χ2n) is 8.54. The number of aliphatic hydroxyl groups is 1. The predicted octanol–water partition coefficient (Wildman–Crippen LogP) is 5.27. The molecule has 0 spiro atoms. The fraction of sp³-hybridized carbons (Fsp3) is 0.250. The summed E-state index contributed by atoms with van der Waals surface area (Å²) in [4.78, 5) is 27.7. The van der Waals surface area contributed by atoms with Gasteiger partial charge >= 0.3 is 5.97 Å². The van der Waals surface area contributed by atoms with Crippen LogP contribution >= 0.6 is 11.6 Å². The predicted molar refractivity (Wildman–Crippen MR) is 139 cm³/mol. The number of anilines is 2. The maximum atomic E-state index is 13.2. The minimum absolute atomic E-state index is 0.213. The number of benzene rings is 3. The summed E-state index contributed by atoms with van der Waals surface area (Å²) in [6.45, 7) is 3.26. The van der Waals surface area contributed by atoms with Crippen LogP contribution in [-0.2, 0) is 4.74 Å². The summed E-state index contributed by atoms with van der Waals surface area (Å²) in [6.07, 6.45) is 0.986. The smallest absolute Gasteiger partial charge is 0.338 e. The first kappa shape index (κ1) is 25.2. The Kier molecular flexibility index (Phi) is 7.89. The third-order valence-corrected chi connectivity index (χ3v) is 6.32. The molecule has 0 radical (unpaired) electrons. The van der Waals surface area contributed by atoms with Gasteiger partial charge in [-0.2, -0.15) is 5.26 Å². The summed E-state index contributed by atoms with van der Waals surface area (Å²) in [7, 11) is 0. The number of rotatable bonds is 6. The van der Waals surface area contributed by atoms with Gasteiger partial charge in [0, 0.05) is 29.4 Å². The summed E-state index contributed by atoms with van der Waals surface area (Å²) in [5, 5.41) is 22.9. The van der Waals surface area contributed by atoms with Crippen LogP contribution in [0.25, 0.3) is 11.1 Å². The average Bonchev–Trinajstić information content (AvgIpc) is 2.89. The number of nitrogens with zero attached hydrogens (tertiary/aromatic N) is 2. The number of amides is 1. The normalized spacial score (nSPS) is 13.7. The second kappa shape index (κ2) is 11.3. The van der Waals surface area contributed by atoms with Crippen molar-refractivity contribution in [3.05, 3.63) is 82.4 Å². The number of esters is 1. The molecular formula is C28H26ClN3O4. The fourth-order valence-electron chi connectivity index (χ4n) is 4.19. The molecule has 184 valence electrons. The second-order valence-corrected chi connectivity index (χ2v) is 8.98. The minimum Gasteiger partial charge on any atom is -0.462 e. The van der Waals surface area contributed by atoms with Crippen LogP contribution in [0.5, 0.6) is 0 Å². The monoisotopic (exact) mass is 503 g/mol. The van der Waals surface area contributed by atoms with Gasteiger partial charge in [0.1, 0.15) is 6.07 Å². The topological polar surface area (TPSA) is 103 Å². The number of nitrogens with one attached hydrogen (secondary N) is 1. The molecule has 0 bridgehead atoms. The Morgan fingerprint density at radius 1 is 1.06 bits per heavy atom. The van der Waals surface area contributed by atoms with Crippen molar-refractivity contribution in [3.8, 4) is 17.2 Å². The van der Waals surface area contributed by atoms with Crippen LogP contribution < -0.4 is 10.2 Å². The molecule has 1 aliphatic rings. The zero-order chi connectivity index (χ0) is 25.7. The molecule has 3 aromatic carbocycles. The molecule has 1 amide bonds. The van der Waals surface area contributed by atoms with Crippen LogP contribution in [0.1, 0.15) is 46.0 Å². The van der Waals surface area contributed by atoms with Gasteiger partial charge in [0.25, 0.3) is 5.91 Å². The molecule has 1 aliphatic heterocycles. The number of carbonyl (C=O) groups excluding carboxylic acids is 2. The lowest BCUT2D eigenvalue weighted by Crippen LogP contribution is -2.36. The van der Waals surface area contributed by atoms with Gasteiger partial charge in [0.05, 0.1) is 29.5 Å². The fourth-order valence-corrected chi connectivity index (χ4v) is 4.32. The van der Waals surface area contributed by atoms with E-state index in [1.807, 2.05) is 12.1 Å². The molecule has 1 saturated heterocycles. The number of ether oxygens (including phenoxy) is 1. The van der Waals surface area contributed by atoms with Crippen LogP contribution in [0, 0.1) is 11.3 Å². The highest BCUT2D eigenvalue weighted by molar-refractivity contribution is 6.30. The highest BCUT2D eigenvalue weighted by atomic mass is 35.5. The third kappa shape index (κ3) is 5.85. The van der Waals surface area contributed by atoms with Gasteiger partial charge in [-0.1, -0.05) is 23.7 Å². The van der Waals surface area contributed by atoms with Gasteiger partial charge in [-0.05, 0) is 79.4 Å². The molecule has 1 fully saturated rings. The van der Waals surface area contributed by atoms with E-state index >= 15 is 0 Å². The lowest BCUT2D eigenvalue weighted by Gasteiger charge is -2.32. The molecule has 7 nitrogen and oxygen atoms in total. The minimum atomic E-state index is -0.523. The van der Waals surface area contributed by atoms with Crippen molar-refractivity contribution in [1.82, 2.24) is 0 Å². The molecule has 36 heavy (non-hydrogen) atoms. The van der Waals surface area contributed by atoms with Gasteiger partial charge in [-0.25, -0.2) is 4.79 Å². The number of halogens is 1. The van der Waals surface area contributed by atoms with Crippen molar-refractivity contribution in [1.29, 1.82) is 5.26 Å². The van der Waals surface area contributed by atoms with Gasteiger partial charge in [-0.15, -0.1) is 0 Å². The molecule has 0 aromatic heterocycles. The molecule has 1 heterocycles. The Balaban J connectivity index is 1.62. The average molecular weight is 504 g/mol. The Bertz CT molecular complexity index is 1310. The highest BCUT2D eigenvalue weighted by Gasteiger charge is 2.20. The zero-order valence-electron chi connectivity index (χ0n) is 19.8. The first-order valence-corrected chi connectivity index (χ1v) is 12.1. The van der Waals surface area contributed by atoms with Gasteiger partial charge in [-0.3, -0.25) is 4.79 Å². The number of carbonyl (C=O) groups is 2. The van der Waals surface area contributed by atoms with Crippen LogP contribution in [0.4, 0.5) is 11.4 Å². The summed E-state index contributed by atoms with van der Waals surface area (Å²) >= 11 is 6.01. The van der Waals surface area contributed by atoms with E-state index in [0.29, 0.717) is 47.8 Å². The van der Waals surface area contributed by atoms with Crippen LogP contribution in [0.2, 0.25) is 5.02 Å². The lowest BCUT2D eigenvalue weighted by molar-refractivity contribution is 0.0526. The van der Waals surface area contributed by atoms with E-state index in [1.54, 1.807) is 49.4 Å². The quantitative estimate of drug-likeness (QED) is 0.444. The van der Waals surface area contributed by atoms with Crippen molar-refractivity contribution < 1.29 is 19.4 Å². The maximum absolute atomic E-state index is 13.2. The molecule has 0 aliphatic carbocycles. The van der Waals surface area contributed by atoms with Crippen molar-refractivity contribution in [3.63, 3.8) is 0 Å². The van der Waals surface area contributed by atoms with Gasteiger partial charge in [0.2, 0.25) is 0 Å². The van der Waals surface area contributed by atoms with E-state index in [-0.39, 0.29) is 23.8 Å². The number of aliphatic hydroxyl groups excluding tert-OH is 1. The molecule has 2 N–H and O–H groups in total. The van der Waals surface area contributed by atoms with Crippen molar-refractivity contribution in [2.24, 2.45) is 0 Å². The number of hydrogen-bond acceptors (Lipinski definition) is 6. The van der Waals surface area contributed by atoms with Gasteiger partial charge in [0.15, 0.2) is 0 Å². The summed E-state index contributed by atoms with van der Waals surface area (Å²) < 4.78 is 5.15. The first-order chi connectivity index (χ1) is 17.4. The van der Waals surface area contributed by atoms with Crippen molar-refractivity contribution >= 4 is 34.9 Å². The summed E-state index contributed by atoms with van der Waals surface area (Å²) in [5.41, 5.74) is 3.67. The van der Waals surface area contributed by atoms with E-state index in [4.69, 9.17) is 16.3 Å². The molecule has 0 unspecified atom stereocenters. The van der Waals surface area contributed by atoms with E-state index in [0.717, 1.165) is 11.3 Å². The molecular weight excluding hydrogens is 478 g/mol. The van der Waals surface area contributed by atoms with Crippen LogP contribution in [0.3, 0.4) is 0 Å². The Hall–Kier alpha value is -3.86. The molecule has 8 heteroatoms. The highest BCUT2D eigenvalue weighted by Crippen LogP contribution is 2.28. The number of piperidine rings is 1. The number of hydrogen-bond donors (Lipinski definition) is 2.